The standard InChI is InChI=1S/C14H19ClO3/c1-3-14(16,9-17-2)8-11-7-12(15)6-10-4-5-18-13(10)11/h6-7,16H,3-5,8-9H2,1-2H3. The smallest absolute Gasteiger partial charge is 0.126 e. The first-order chi connectivity index (χ1) is 8.58. The minimum absolute atomic E-state index is 0.310. The zero-order valence-corrected chi connectivity index (χ0v) is 11.6. The molecule has 18 heavy (non-hydrogen) atoms. The molecule has 1 aromatic carbocycles. The summed E-state index contributed by atoms with van der Waals surface area (Å²) in [4.78, 5) is 0. The molecule has 0 fully saturated rings. The van der Waals surface area contributed by atoms with E-state index < -0.39 is 5.60 Å². The minimum Gasteiger partial charge on any atom is -0.493 e. The normalized spacial score (nSPS) is 17.1. The van der Waals surface area contributed by atoms with Crippen LogP contribution in [0, 0.1) is 0 Å². The summed E-state index contributed by atoms with van der Waals surface area (Å²) in [7, 11) is 1.60. The van der Waals surface area contributed by atoms with E-state index in [4.69, 9.17) is 21.1 Å². The maximum atomic E-state index is 10.5. The molecule has 2 rings (SSSR count). The van der Waals surface area contributed by atoms with Crippen LogP contribution < -0.4 is 4.74 Å². The molecule has 100 valence electrons. The van der Waals surface area contributed by atoms with Crippen LogP contribution in [0.4, 0.5) is 0 Å². The summed E-state index contributed by atoms with van der Waals surface area (Å²) in [6, 6.07) is 3.82. The molecule has 1 N–H and O–H groups in total. The highest BCUT2D eigenvalue weighted by Crippen LogP contribution is 2.35. The topological polar surface area (TPSA) is 38.7 Å². The van der Waals surface area contributed by atoms with Crippen molar-refractivity contribution in [1.82, 2.24) is 0 Å². The van der Waals surface area contributed by atoms with Crippen molar-refractivity contribution in [3.8, 4) is 5.75 Å². The predicted octanol–water partition coefficient (Wildman–Crippen LogP) is 2.60. The van der Waals surface area contributed by atoms with E-state index in [1.165, 1.54) is 0 Å². The predicted molar refractivity (Wildman–Crippen MR) is 71.5 cm³/mol. The van der Waals surface area contributed by atoms with E-state index in [2.05, 4.69) is 0 Å². The van der Waals surface area contributed by atoms with Gasteiger partial charge in [0.1, 0.15) is 5.75 Å². The Labute approximate surface area is 113 Å². The van der Waals surface area contributed by atoms with Crippen molar-refractivity contribution < 1.29 is 14.6 Å². The number of halogens is 1. The van der Waals surface area contributed by atoms with Crippen molar-refractivity contribution >= 4 is 11.6 Å². The number of aliphatic hydroxyl groups is 1. The van der Waals surface area contributed by atoms with Gasteiger partial charge in [0.15, 0.2) is 0 Å². The molecule has 1 heterocycles. The van der Waals surface area contributed by atoms with Gasteiger partial charge in [0.2, 0.25) is 0 Å². The third-order valence-electron chi connectivity index (χ3n) is 3.42. The molecule has 0 radical (unpaired) electrons. The Morgan fingerprint density at radius 2 is 2.28 bits per heavy atom. The molecule has 0 spiro atoms. The molecule has 0 saturated carbocycles. The molecule has 4 heteroatoms. The number of hydrogen-bond acceptors (Lipinski definition) is 3. The number of ether oxygens (including phenoxy) is 2. The molecule has 0 amide bonds. The Morgan fingerprint density at radius 3 is 2.94 bits per heavy atom. The lowest BCUT2D eigenvalue weighted by atomic mass is 9.91. The number of rotatable bonds is 5. The highest BCUT2D eigenvalue weighted by molar-refractivity contribution is 6.30. The number of fused-ring (bicyclic) bond motifs is 1. The fourth-order valence-corrected chi connectivity index (χ4v) is 2.64. The average Bonchev–Trinajstić information content (AvgIpc) is 2.77. The maximum Gasteiger partial charge on any atom is 0.126 e. The Kier molecular flexibility index (Phi) is 4.15. The lowest BCUT2D eigenvalue weighted by Gasteiger charge is -2.26. The van der Waals surface area contributed by atoms with Gasteiger partial charge >= 0.3 is 0 Å². The fraction of sp³-hybridized carbons (Fsp3) is 0.571. The van der Waals surface area contributed by atoms with Gasteiger partial charge in [-0.15, -0.1) is 0 Å². The first-order valence-electron chi connectivity index (χ1n) is 6.23. The van der Waals surface area contributed by atoms with Crippen molar-refractivity contribution in [1.29, 1.82) is 0 Å². The summed E-state index contributed by atoms with van der Waals surface area (Å²) in [5.41, 5.74) is 1.24. The Morgan fingerprint density at radius 1 is 1.50 bits per heavy atom. The van der Waals surface area contributed by atoms with E-state index in [1.807, 2.05) is 19.1 Å². The van der Waals surface area contributed by atoms with E-state index in [0.717, 1.165) is 23.3 Å². The number of benzene rings is 1. The van der Waals surface area contributed by atoms with Crippen LogP contribution in [0.2, 0.25) is 5.02 Å². The second kappa shape index (κ2) is 5.47. The third-order valence-corrected chi connectivity index (χ3v) is 3.63. The second-order valence-electron chi connectivity index (χ2n) is 4.84. The largest absolute Gasteiger partial charge is 0.493 e. The first-order valence-corrected chi connectivity index (χ1v) is 6.61. The van der Waals surface area contributed by atoms with Crippen molar-refractivity contribution in [3.63, 3.8) is 0 Å². The van der Waals surface area contributed by atoms with Gasteiger partial charge < -0.3 is 14.6 Å². The molecular weight excluding hydrogens is 252 g/mol. The Bertz CT molecular complexity index is 433. The van der Waals surface area contributed by atoms with Crippen LogP contribution in [0.25, 0.3) is 0 Å². The van der Waals surface area contributed by atoms with Crippen molar-refractivity contribution in [2.75, 3.05) is 20.3 Å². The highest BCUT2D eigenvalue weighted by Gasteiger charge is 2.28. The van der Waals surface area contributed by atoms with E-state index >= 15 is 0 Å². The van der Waals surface area contributed by atoms with Gasteiger partial charge in [-0.25, -0.2) is 0 Å². The monoisotopic (exact) mass is 270 g/mol. The first kappa shape index (κ1) is 13.7. The van der Waals surface area contributed by atoms with E-state index in [1.54, 1.807) is 7.11 Å². The lowest BCUT2D eigenvalue weighted by Crippen LogP contribution is -2.36. The lowest BCUT2D eigenvalue weighted by molar-refractivity contribution is -0.0336. The average molecular weight is 271 g/mol. The van der Waals surface area contributed by atoms with Gasteiger partial charge in [0.05, 0.1) is 18.8 Å². The van der Waals surface area contributed by atoms with Crippen molar-refractivity contribution in [2.24, 2.45) is 0 Å². The van der Waals surface area contributed by atoms with Crippen molar-refractivity contribution in [2.45, 2.75) is 31.8 Å². The Hall–Kier alpha value is -0.770. The molecule has 0 aromatic heterocycles. The molecule has 3 nitrogen and oxygen atoms in total. The molecule has 1 unspecified atom stereocenters. The zero-order valence-electron chi connectivity index (χ0n) is 10.8. The van der Waals surface area contributed by atoms with Gasteiger partial charge in [-0.05, 0) is 29.7 Å². The number of hydrogen-bond donors (Lipinski definition) is 1. The molecule has 1 aromatic rings. The van der Waals surface area contributed by atoms with Crippen LogP contribution in [0.3, 0.4) is 0 Å². The van der Waals surface area contributed by atoms with Crippen LogP contribution in [0.1, 0.15) is 24.5 Å². The van der Waals surface area contributed by atoms with E-state index in [-0.39, 0.29) is 0 Å². The van der Waals surface area contributed by atoms with Gasteiger partial charge in [-0.2, -0.15) is 0 Å². The van der Waals surface area contributed by atoms with Gasteiger partial charge in [0, 0.05) is 25.0 Å². The Balaban J connectivity index is 2.28. The van der Waals surface area contributed by atoms with Crippen LogP contribution in [-0.2, 0) is 17.6 Å². The summed E-state index contributed by atoms with van der Waals surface area (Å²) in [5, 5.41) is 11.2. The second-order valence-corrected chi connectivity index (χ2v) is 5.28. The highest BCUT2D eigenvalue weighted by atomic mass is 35.5. The molecular formula is C14H19ClO3. The summed E-state index contributed by atoms with van der Waals surface area (Å²) >= 11 is 6.11. The van der Waals surface area contributed by atoms with Crippen LogP contribution in [-0.4, -0.2) is 31.0 Å². The molecule has 1 atom stereocenters. The zero-order chi connectivity index (χ0) is 13.2. The molecule has 0 aliphatic carbocycles. The summed E-state index contributed by atoms with van der Waals surface area (Å²) in [6.45, 7) is 2.95. The van der Waals surface area contributed by atoms with E-state index in [0.29, 0.717) is 31.1 Å². The third kappa shape index (κ3) is 2.79. The van der Waals surface area contributed by atoms with Gasteiger partial charge in [-0.3, -0.25) is 0 Å². The summed E-state index contributed by atoms with van der Waals surface area (Å²) in [5.74, 6) is 0.891. The molecule has 1 aliphatic heterocycles. The fourth-order valence-electron chi connectivity index (χ4n) is 2.38. The minimum atomic E-state index is -0.862. The van der Waals surface area contributed by atoms with E-state index in [9.17, 15) is 5.11 Å². The number of methoxy groups -OCH3 is 1. The SMILES string of the molecule is CCC(O)(COC)Cc1cc(Cl)cc2c1OCC2. The molecule has 0 bridgehead atoms. The summed E-state index contributed by atoms with van der Waals surface area (Å²) < 4.78 is 10.7. The van der Waals surface area contributed by atoms with Crippen LogP contribution in [0.5, 0.6) is 5.75 Å². The molecule has 1 aliphatic rings. The molecule has 0 saturated heterocycles. The maximum absolute atomic E-state index is 10.5. The summed E-state index contributed by atoms with van der Waals surface area (Å²) in [6.07, 6.45) is 2.01. The van der Waals surface area contributed by atoms with Crippen LogP contribution in [0.15, 0.2) is 12.1 Å². The van der Waals surface area contributed by atoms with Gasteiger partial charge in [0.25, 0.3) is 0 Å². The van der Waals surface area contributed by atoms with Gasteiger partial charge in [-0.1, -0.05) is 18.5 Å². The quantitative estimate of drug-likeness (QED) is 0.894. The van der Waals surface area contributed by atoms with Crippen molar-refractivity contribution in [3.05, 3.63) is 28.3 Å². The van der Waals surface area contributed by atoms with Crippen LogP contribution >= 0.6 is 11.6 Å².